The Morgan fingerprint density at radius 3 is 2.94 bits per heavy atom. The highest BCUT2D eigenvalue weighted by molar-refractivity contribution is 5.80. The zero-order chi connectivity index (χ0) is 13.1. The van der Waals surface area contributed by atoms with Crippen LogP contribution in [0.2, 0.25) is 0 Å². The SMILES string of the molecule is CCN1C(=O)CC(N)C1c1cccc(COC)c1. The number of likely N-dealkylation sites (tertiary alicyclic amines) is 1. The number of rotatable bonds is 4. The van der Waals surface area contributed by atoms with Crippen LogP contribution in [-0.4, -0.2) is 30.5 Å². The standard InChI is InChI=1S/C14H20N2O2/c1-3-16-13(17)8-12(15)14(16)11-6-4-5-10(7-11)9-18-2/h4-7,12,14H,3,8-9,15H2,1-2H3. The van der Waals surface area contributed by atoms with Crippen molar-refractivity contribution in [2.24, 2.45) is 5.73 Å². The van der Waals surface area contributed by atoms with E-state index in [0.29, 0.717) is 19.6 Å². The van der Waals surface area contributed by atoms with E-state index in [9.17, 15) is 4.79 Å². The Bertz CT molecular complexity index is 434. The lowest BCUT2D eigenvalue weighted by Gasteiger charge is -2.26. The van der Waals surface area contributed by atoms with Gasteiger partial charge in [-0.05, 0) is 18.1 Å². The van der Waals surface area contributed by atoms with E-state index >= 15 is 0 Å². The Labute approximate surface area is 108 Å². The fraction of sp³-hybridized carbons (Fsp3) is 0.500. The lowest BCUT2D eigenvalue weighted by Crippen LogP contribution is -2.32. The van der Waals surface area contributed by atoms with Gasteiger partial charge in [-0.25, -0.2) is 0 Å². The largest absolute Gasteiger partial charge is 0.380 e. The van der Waals surface area contributed by atoms with Gasteiger partial charge in [0.2, 0.25) is 5.91 Å². The maximum Gasteiger partial charge on any atom is 0.224 e. The smallest absolute Gasteiger partial charge is 0.224 e. The summed E-state index contributed by atoms with van der Waals surface area (Å²) in [5.74, 6) is 0.146. The molecule has 18 heavy (non-hydrogen) atoms. The molecule has 2 atom stereocenters. The predicted octanol–water partition coefficient (Wildman–Crippen LogP) is 1.45. The van der Waals surface area contributed by atoms with Crippen molar-refractivity contribution in [1.82, 2.24) is 4.90 Å². The number of nitrogens with two attached hydrogens (primary N) is 1. The molecule has 1 aliphatic rings. The molecule has 1 fully saturated rings. The van der Waals surface area contributed by atoms with Crippen molar-refractivity contribution in [2.45, 2.75) is 32.0 Å². The first kappa shape index (κ1) is 13.1. The van der Waals surface area contributed by atoms with E-state index in [1.165, 1.54) is 0 Å². The first-order valence-electron chi connectivity index (χ1n) is 6.30. The van der Waals surface area contributed by atoms with Gasteiger partial charge < -0.3 is 15.4 Å². The molecular formula is C14H20N2O2. The monoisotopic (exact) mass is 248 g/mol. The van der Waals surface area contributed by atoms with Crippen LogP contribution in [0.25, 0.3) is 0 Å². The van der Waals surface area contributed by atoms with Gasteiger partial charge in [0.05, 0.1) is 12.6 Å². The summed E-state index contributed by atoms with van der Waals surface area (Å²) in [6.07, 6.45) is 0.438. The Morgan fingerprint density at radius 2 is 2.28 bits per heavy atom. The van der Waals surface area contributed by atoms with Gasteiger partial charge in [-0.3, -0.25) is 4.79 Å². The molecule has 1 amide bonds. The third-order valence-corrected chi connectivity index (χ3v) is 3.42. The second kappa shape index (κ2) is 5.50. The van der Waals surface area contributed by atoms with E-state index in [0.717, 1.165) is 11.1 Å². The van der Waals surface area contributed by atoms with Crippen LogP contribution in [0.5, 0.6) is 0 Å². The summed E-state index contributed by atoms with van der Waals surface area (Å²) in [5, 5.41) is 0. The van der Waals surface area contributed by atoms with Crippen LogP contribution in [0, 0.1) is 0 Å². The Balaban J connectivity index is 2.29. The van der Waals surface area contributed by atoms with Crippen LogP contribution in [0.15, 0.2) is 24.3 Å². The van der Waals surface area contributed by atoms with Gasteiger partial charge in [0.25, 0.3) is 0 Å². The van der Waals surface area contributed by atoms with Crippen LogP contribution in [-0.2, 0) is 16.1 Å². The van der Waals surface area contributed by atoms with Crippen LogP contribution in [0.4, 0.5) is 0 Å². The molecule has 1 aliphatic heterocycles. The highest BCUT2D eigenvalue weighted by Crippen LogP contribution is 2.32. The lowest BCUT2D eigenvalue weighted by atomic mass is 9.99. The molecule has 0 aliphatic carbocycles. The zero-order valence-electron chi connectivity index (χ0n) is 10.9. The van der Waals surface area contributed by atoms with Gasteiger partial charge in [-0.2, -0.15) is 0 Å². The van der Waals surface area contributed by atoms with Crippen LogP contribution >= 0.6 is 0 Å². The number of methoxy groups -OCH3 is 1. The van der Waals surface area contributed by atoms with Crippen molar-refractivity contribution in [2.75, 3.05) is 13.7 Å². The van der Waals surface area contributed by atoms with Crippen molar-refractivity contribution in [3.8, 4) is 0 Å². The molecule has 2 rings (SSSR count). The number of hydrogen-bond donors (Lipinski definition) is 1. The summed E-state index contributed by atoms with van der Waals surface area (Å²) in [5.41, 5.74) is 8.31. The highest BCUT2D eigenvalue weighted by atomic mass is 16.5. The molecule has 2 N–H and O–H groups in total. The zero-order valence-corrected chi connectivity index (χ0v) is 10.9. The summed E-state index contributed by atoms with van der Waals surface area (Å²) in [4.78, 5) is 13.7. The molecule has 4 nitrogen and oxygen atoms in total. The van der Waals surface area contributed by atoms with Gasteiger partial charge in [0.15, 0.2) is 0 Å². The molecule has 98 valence electrons. The Morgan fingerprint density at radius 1 is 1.50 bits per heavy atom. The maximum absolute atomic E-state index is 11.8. The molecule has 0 bridgehead atoms. The first-order valence-corrected chi connectivity index (χ1v) is 6.30. The molecule has 1 aromatic rings. The van der Waals surface area contributed by atoms with Crippen molar-refractivity contribution < 1.29 is 9.53 Å². The average Bonchev–Trinajstić information content (AvgIpc) is 2.64. The van der Waals surface area contributed by atoms with Gasteiger partial charge in [0, 0.05) is 26.1 Å². The van der Waals surface area contributed by atoms with Gasteiger partial charge in [0.1, 0.15) is 0 Å². The summed E-state index contributed by atoms with van der Waals surface area (Å²) in [6.45, 7) is 3.27. The maximum atomic E-state index is 11.8. The third kappa shape index (κ3) is 2.40. The third-order valence-electron chi connectivity index (χ3n) is 3.42. The van der Waals surface area contributed by atoms with E-state index in [4.69, 9.17) is 10.5 Å². The van der Waals surface area contributed by atoms with Crippen LogP contribution in [0.3, 0.4) is 0 Å². The number of carbonyl (C=O) groups is 1. The predicted molar refractivity (Wildman–Crippen MR) is 69.9 cm³/mol. The minimum atomic E-state index is -0.116. The summed E-state index contributed by atoms with van der Waals surface area (Å²) in [6, 6.07) is 8.01. The fourth-order valence-electron chi connectivity index (χ4n) is 2.65. The number of amides is 1. The molecule has 4 heteroatoms. The highest BCUT2D eigenvalue weighted by Gasteiger charge is 2.37. The lowest BCUT2D eigenvalue weighted by molar-refractivity contribution is -0.128. The molecule has 0 radical (unpaired) electrons. The van der Waals surface area contributed by atoms with Gasteiger partial charge in [-0.15, -0.1) is 0 Å². The number of hydrogen-bond acceptors (Lipinski definition) is 3. The number of benzene rings is 1. The first-order chi connectivity index (χ1) is 8.67. The normalized spacial score (nSPS) is 23.7. The minimum Gasteiger partial charge on any atom is -0.380 e. The fourth-order valence-corrected chi connectivity index (χ4v) is 2.65. The average molecular weight is 248 g/mol. The molecule has 0 spiro atoms. The number of ether oxygens (including phenoxy) is 1. The van der Waals surface area contributed by atoms with Gasteiger partial charge in [-0.1, -0.05) is 24.3 Å². The van der Waals surface area contributed by atoms with E-state index in [-0.39, 0.29) is 18.0 Å². The Hall–Kier alpha value is -1.39. The molecule has 2 unspecified atom stereocenters. The second-order valence-corrected chi connectivity index (χ2v) is 4.67. The topological polar surface area (TPSA) is 55.6 Å². The number of likely N-dealkylation sites (N-methyl/N-ethyl adjacent to an activating group) is 1. The van der Waals surface area contributed by atoms with Crippen molar-refractivity contribution in [3.05, 3.63) is 35.4 Å². The van der Waals surface area contributed by atoms with Crippen molar-refractivity contribution in [3.63, 3.8) is 0 Å². The molecule has 1 saturated heterocycles. The van der Waals surface area contributed by atoms with Crippen molar-refractivity contribution >= 4 is 5.91 Å². The van der Waals surface area contributed by atoms with Crippen LogP contribution < -0.4 is 5.73 Å². The molecule has 1 aromatic carbocycles. The molecule has 0 aromatic heterocycles. The van der Waals surface area contributed by atoms with E-state index < -0.39 is 0 Å². The summed E-state index contributed by atoms with van der Waals surface area (Å²) < 4.78 is 5.13. The quantitative estimate of drug-likeness (QED) is 0.877. The summed E-state index contributed by atoms with van der Waals surface area (Å²) in [7, 11) is 1.68. The second-order valence-electron chi connectivity index (χ2n) is 4.67. The molecular weight excluding hydrogens is 228 g/mol. The molecule has 1 heterocycles. The van der Waals surface area contributed by atoms with Gasteiger partial charge >= 0.3 is 0 Å². The van der Waals surface area contributed by atoms with Crippen molar-refractivity contribution in [1.29, 1.82) is 0 Å². The number of nitrogens with zero attached hydrogens (tertiary/aromatic N) is 1. The number of carbonyl (C=O) groups excluding carboxylic acids is 1. The van der Waals surface area contributed by atoms with Crippen LogP contribution in [0.1, 0.15) is 30.5 Å². The minimum absolute atomic E-state index is 0.000642. The van der Waals surface area contributed by atoms with E-state index in [1.54, 1.807) is 7.11 Å². The van der Waals surface area contributed by atoms with E-state index in [1.807, 2.05) is 30.0 Å². The Kier molecular flexibility index (Phi) is 3.99. The summed E-state index contributed by atoms with van der Waals surface area (Å²) >= 11 is 0. The molecule has 0 saturated carbocycles. The van der Waals surface area contributed by atoms with E-state index in [2.05, 4.69) is 6.07 Å².